The summed E-state index contributed by atoms with van der Waals surface area (Å²) >= 11 is 7.09. The average Bonchev–Trinajstić information content (AvgIpc) is 2.63. The third kappa shape index (κ3) is 3.52. The zero-order chi connectivity index (χ0) is 14.8. The van der Waals surface area contributed by atoms with E-state index < -0.39 is 10.0 Å². The fourth-order valence-corrected chi connectivity index (χ4v) is 5.57. The van der Waals surface area contributed by atoms with Crippen LogP contribution in [0.4, 0.5) is 0 Å². The molecule has 1 aliphatic heterocycles. The number of sulfonamides is 1. The van der Waals surface area contributed by atoms with E-state index >= 15 is 0 Å². The van der Waals surface area contributed by atoms with Gasteiger partial charge in [-0.15, -0.1) is 11.3 Å². The standard InChI is InChI=1S/C12H19ClN2O3S2/c1-10-9-11(19-12(10)13)20(17,18)15-4-2-3-14(5-6-15)7-8-16/h9,16H,2-8H2,1H3. The van der Waals surface area contributed by atoms with E-state index in [-0.39, 0.29) is 6.61 Å². The van der Waals surface area contributed by atoms with Gasteiger partial charge in [0.2, 0.25) is 0 Å². The van der Waals surface area contributed by atoms with Gasteiger partial charge >= 0.3 is 0 Å². The van der Waals surface area contributed by atoms with Crippen LogP contribution in [0.5, 0.6) is 0 Å². The normalized spacial score (nSPS) is 19.1. The molecule has 0 spiro atoms. The lowest BCUT2D eigenvalue weighted by molar-refractivity contribution is 0.202. The van der Waals surface area contributed by atoms with Crippen molar-refractivity contribution in [2.24, 2.45) is 0 Å². The molecule has 1 N–H and O–H groups in total. The van der Waals surface area contributed by atoms with E-state index in [9.17, 15) is 8.42 Å². The van der Waals surface area contributed by atoms with Crippen molar-refractivity contribution in [1.29, 1.82) is 0 Å². The van der Waals surface area contributed by atoms with Crippen LogP contribution in [0.1, 0.15) is 12.0 Å². The summed E-state index contributed by atoms with van der Waals surface area (Å²) in [7, 11) is -3.45. The number of aliphatic hydroxyl groups is 1. The van der Waals surface area contributed by atoms with Crippen LogP contribution < -0.4 is 0 Å². The summed E-state index contributed by atoms with van der Waals surface area (Å²) < 4.78 is 27.5. The van der Waals surface area contributed by atoms with Gasteiger partial charge in [0.15, 0.2) is 0 Å². The number of nitrogens with zero attached hydrogens (tertiary/aromatic N) is 2. The molecule has 114 valence electrons. The molecule has 1 aromatic rings. The second kappa shape index (κ2) is 6.72. The predicted molar refractivity (Wildman–Crippen MR) is 81.0 cm³/mol. The molecule has 5 nitrogen and oxygen atoms in total. The molecule has 1 fully saturated rings. The van der Waals surface area contributed by atoms with Crippen molar-refractivity contribution in [3.05, 3.63) is 16.0 Å². The molecule has 8 heteroatoms. The topological polar surface area (TPSA) is 60.9 Å². The minimum atomic E-state index is -3.45. The number of aliphatic hydroxyl groups excluding tert-OH is 1. The van der Waals surface area contributed by atoms with Crippen LogP contribution in [0.2, 0.25) is 4.34 Å². The van der Waals surface area contributed by atoms with Gasteiger partial charge < -0.3 is 5.11 Å². The van der Waals surface area contributed by atoms with Crippen LogP contribution in [-0.2, 0) is 10.0 Å². The van der Waals surface area contributed by atoms with Crippen molar-refractivity contribution in [3.8, 4) is 0 Å². The zero-order valence-corrected chi connectivity index (χ0v) is 13.8. The zero-order valence-electron chi connectivity index (χ0n) is 11.4. The quantitative estimate of drug-likeness (QED) is 0.901. The van der Waals surface area contributed by atoms with Gasteiger partial charge in [-0.2, -0.15) is 4.31 Å². The molecule has 2 heterocycles. The number of thiophene rings is 1. The fraction of sp³-hybridized carbons (Fsp3) is 0.667. The first kappa shape index (κ1) is 16.2. The smallest absolute Gasteiger partial charge is 0.252 e. The van der Waals surface area contributed by atoms with Crippen LogP contribution in [-0.4, -0.2) is 62.1 Å². The first-order valence-electron chi connectivity index (χ1n) is 6.54. The van der Waals surface area contributed by atoms with Crippen molar-refractivity contribution >= 4 is 33.0 Å². The minimum absolute atomic E-state index is 0.104. The van der Waals surface area contributed by atoms with Gasteiger partial charge in [-0.25, -0.2) is 8.42 Å². The van der Waals surface area contributed by atoms with Crippen molar-refractivity contribution in [3.63, 3.8) is 0 Å². The maximum absolute atomic E-state index is 12.6. The van der Waals surface area contributed by atoms with Crippen molar-refractivity contribution in [2.45, 2.75) is 17.6 Å². The second-order valence-corrected chi connectivity index (χ2v) is 8.66. The first-order chi connectivity index (χ1) is 9.45. The summed E-state index contributed by atoms with van der Waals surface area (Å²) in [5.74, 6) is 0. The maximum atomic E-state index is 12.6. The summed E-state index contributed by atoms with van der Waals surface area (Å²) in [5.41, 5.74) is 0.798. The number of hydrogen-bond acceptors (Lipinski definition) is 5. The Hall–Kier alpha value is -0.180. The van der Waals surface area contributed by atoms with Crippen molar-refractivity contribution in [1.82, 2.24) is 9.21 Å². The maximum Gasteiger partial charge on any atom is 0.252 e. The summed E-state index contributed by atoms with van der Waals surface area (Å²) in [6, 6.07) is 1.64. The van der Waals surface area contributed by atoms with E-state index in [1.54, 1.807) is 6.07 Å². The van der Waals surface area contributed by atoms with Crippen LogP contribution in [0.15, 0.2) is 10.3 Å². The van der Waals surface area contributed by atoms with Crippen LogP contribution in [0, 0.1) is 6.92 Å². The monoisotopic (exact) mass is 338 g/mol. The lowest BCUT2D eigenvalue weighted by Crippen LogP contribution is -2.35. The molecular formula is C12H19ClN2O3S2. The summed E-state index contributed by atoms with van der Waals surface area (Å²) in [6.45, 7) is 4.94. The highest BCUT2D eigenvalue weighted by molar-refractivity contribution is 7.91. The molecule has 0 atom stereocenters. The average molecular weight is 339 g/mol. The second-order valence-electron chi connectivity index (χ2n) is 4.85. The Bertz CT molecular complexity index is 540. The predicted octanol–water partition coefficient (Wildman–Crippen LogP) is 1.40. The van der Waals surface area contributed by atoms with E-state index in [1.807, 2.05) is 6.92 Å². The van der Waals surface area contributed by atoms with Crippen molar-refractivity contribution in [2.75, 3.05) is 39.3 Å². The highest BCUT2D eigenvalue weighted by atomic mass is 35.5. The van der Waals surface area contributed by atoms with Gasteiger partial charge in [0.25, 0.3) is 10.0 Å². The molecule has 0 aliphatic carbocycles. The third-order valence-electron chi connectivity index (χ3n) is 3.39. The highest BCUT2D eigenvalue weighted by Crippen LogP contribution is 2.32. The number of aryl methyl sites for hydroxylation is 1. The highest BCUT2D eigenvalue weighted by Gasteiger charge is 2.28. The lowest BCUT2D eigenvalue weighted by atomic mass is 10.4. The summed E-state index contributed by atoms with van der Waals surface area (Å²) in [6.07, 6.45) is 0.775. The minimum Gasteiger partial charge on any atom is -0.395 e. The number of hydrogen-bond donors (Lipinski definition) is 1. The first-order valence-corrected chi connectivity index (χ1v) is 9.18. The molecule has 1 aromatic heterocycles. The number of halogens is 1. The molecule has 1 saturated heterocycles. The molecule has 0 radical (unpaired) electrons. The largest absolute Gasteiger partial charge is 0.395 e. The van der Waals surface area contributed by atoms with Crippen LogP contribution in [0.25, 0.3) is 0 Å². The fourth-order valence-electron chi connectivity index (χ4n) is 2.24. The van der Waals surface area contributed by atoms with Crippen molar-refractivity contribution < 1.29 is 13.5 Å². The molecule has 2 rings (SSSR count). The molecule has 1 aliphatic rings. The van der Waals surface area contributed by atoms with E-state index in [0.717, 1.165) is 29.9 Å². The molecular weight excluding hydrogens is 320 g/mol. The van der Waals surface area contributed by atoms with E-state index in [4.69, 9.17) is 16.7 Å². The van der Waals surface area contributed by atoms with Crippen LogP contribution in [0.3, 0.4) is 0 Å². The molecule has 20 heavy (non-hydrogen) atoms. The Morgan fingerprint density at radius 1 is 1.35 bits per heavy atom. The molecule has 0 aromatic carbocycles. The Kier molecular flexibility index (Phi) is 5.44. The molecule has 0 amide bonds. The van der Waals surface area contributed by atoms with E-state index in [1.165, 1.54) is 4.31 Å². The number of β-amino-alcohol motifs (C(OH)–C–C–N with tert-alkyl or cyclic N) is 1. The Labute approximate surface area is 128 Å². The van der Waals surface area contributed by atoms with Gasteiger partial charge in [0.1, 0.15) is 4.21 Å². The molecule has 0 saturated carbocycles. The Morgan fingerprint density at radius 2 is 2.10 bits per heavy atom. The number of rotatable bonds is 4. The molecule has 0 unspecified atom stereocenters. The van der Waals surface area contributed by atoms with E-state index in [2.05, 4.69) is 4.90 Å². The van der Waals surface area contributed by atoms with Gasteiger partial charge in [-0.1, -0.05) is 11.6 Å². The van der Waals surface area contributed by atoms with E-state index in [0.29, 0.717) is 34.7 Å². The summed E-state index contributed by atoms with van der Waals surface area (Å²) in [4.78, 5) is 2.09. The Balaban J connectivity index is 2.13. The molecule has 0 bridgehead atoms. The van der Waals surface area contributed by atoms with Gasteiger partial charge in [-0.05, 0) is 31.5 Å². The van der Waals surface area contributed by atoms with Gasteiger partial charge in [0.05, 0.1) is 10.9 Å². The SMILES string of the molecule is Cc1cc(S(=O)(=O)N2CCCN(CCO)CC2)sc1Cl. The van der Waals surface area contributed by atoms with Gasteiger partial charge in [0, 0.05) is 26.2 Å². The van der Waals surface area contributed by atoms with Crippen LogP contribution >= 0.6 is 22.9 Å². The van der Waals surface area contributed by atoms with Gasteiger partial charge in [-0.3, -0.25) is 4.90 Å². The third-order valence-corrected chi connectivity index (χ3v) is 7.30. The summed E-state index contributed by atoms with van der Waals surface area (Å²) in [5, 5.41) is 8.96. The lowest BCUT2D eigenvalue weighted by Gasteiger charge is -2.20. The Morgan fingerprint density at radius 3 is 2.70 bits per heavy atom.